The third kappa shape index (κ3) is 4.15. The zero-order valence-electron chi connectivity index (χ0n) is 14.5. The maximum absolute atomic E-state index is 12.4. The van der Waals surface area contributed by atoms with E-state index in [2.05, 4.69) is 10.4 Å². The topological polar surface area (TPSA) is 126 Å². The van der Waals surface area contributed by atoms with Gasteiger partial charge in [-0.05, 0) is 26.0 Å². The molecule has 26 heavy (non-hydrogen) atoms. The van der Waals surface area contributed by atoms with E-state index in [-0.39, 0.29) is 29.4 Å². The number of carbonyl (C=O) groups is 2. The molecule has 1 aromatic carbocycles. The summed E-state index contributed by atoms with van der Waals surface area (Å²) < 4.78 is 11.3. The quantitative estimate of drug-likeness (QED) is 0.454. The summed E-state index contributed by atoms with van der Waals surface area (Å²) in [6.45, 7) is 3.95. The first-order valence-electron chi connectivity index (χ1n) is 7.81. The van der Waals surface area contributed by atoms with Crippen molar-refractivity contribution in [2.24, 2.45) is 7.05 Å². The number of amides is 1. The lowest BCUT2D eigenvalue weighted by atomic mass is 10.2. The molecule has 0 spiro atoms. The predicted molar refractivity (Wildman–Crippen MR) is 91.4 cm³/mol. The molecule has 2 rings (SSSR count). The summed E-state index contributed by atoms with van der Waals surface area (Å²) in [5, 5.41) is 17.6. The van der Waals surface area contributed by atoms with Crippen molar-refractivity contribution in [2.75, 3.05) is 18.5 Å². The maximum Gasteiger partial charge on any atom is 0.356 e. The standard InChI is InChI=1S/C16H18N4O6/c1-4-25-10-6-7-11(13(8-10)20(23)24)17-15(21)12-9-14(19(3)18-12)16(22)26-5-2/h6-9H,4-5H2,1-3H3,(H,17,21). The van der Waals surface area contributed by atoms with Gasteiger partial charge in [0.1, 0.15) is 17.1 Å². The van der Waals surface area contributed by atoms with Gasteiger partial charge < -0.3 is 14.8 Å². The van der Waals surface area contributed by atoms with Crippen LogP contribution in [0.25, 0.3) is 0 Å². The molecule has 0 aliphatic carbocycles. The van der Waals surface area contributed by atoms with Gasteiger partial charge in [0.25, 0.3) is 11.6 Å². The molecule has 0 saturated heterocycles. The van der Waals surface area contributed by atoms with Gasteiger partial charge in [-0.1, -0.05) is 0 Å². The van der Waals surface area contributed by atoms with Gasteiger partial charge in [0, 0.05) is 13.1 Å². The van der Waals surface area contributed by atoms with Gasteiger partial charge in [0.15, 0.2) is 5.69 Å². The van der Waals surface area contributed by atoms with Crippen LogP contribution in [-0.2, 0) is 11.8 Å². The van der Waals surface area contributed by atoms with Crippen LogP contribution in [0.4, 0.5) is 11.4 Å². The number of aryl methyl sites for hydroxylation is 1. The van der Waals surface area contributed by atoms with Crippen LogP contribution in [0.3, 0.4) is 0 Å². The van der Waals surface area contributed by atoms with Gasteiger partial charge in [-0.15, -0.1) is 0 Å². The number of nitrogens with one attached hydrogen (secondary N) is 1. The molecule has 0 atom stereocenters. The van der Waals surface area contributed by atoms with Gasteiger partial charge in [-0.2, -0.15) is 5.10 Å². The number of hydrogen-bond donors (Lipinski definition) is 1. The van der Waals surface area contributed by atoms with Crippen molar-refractivity contribution in [3.05, 3.63) is 45.8 Å². The normalized spacial score (nSPS) is 10.3. The highest BCUT2D eigenvalue weighted by Crippen LogP contribution is 2.29. The molecular formula is C16H18N4O6. The van der Waals surface area contributed by atoms with Crippen LogP contribution in [0, 0.1) is 10.1 Å². The number of nitrogens with zero attached hydrogens (tertiary/aromatic N) is 3. The number of aromatic nitrogens is 2. The van der Waals surface area contributed by atoms with Crippen molar-refractivity contribution in [3.8, 4) is 5.75 Å². The van der Waals surface area contributed by atoms with Crippen LogP contribution in [-0.4, -0.2) is 39.8 Å². The molecule has 0 fully saturated rings. The number of rotatable bonds is 7. The Hall–Kier alpha value is -3.43. The molecule has 1 heterocycles. The lowest BCUT2D eigenvalue weighted by Crippen LogP contribution is -2.14. The molecule has 0 radical (unpaired) electrons. The molecule has 10 heteroatoms. The van der Waals surface area contributed by atoms with Gasteiger partial charge in [-0.3, -0.25) is 19.6 Å². The van der Waals surface area contributed by atoms with Crippen molar-refractivity contribution in [2.45, 2.75) is 13.8 Å². The molecular weight excluding hydrogens is 344 g/mol. The van der Waals surface area contributed by atoms with Crippen molar-refractivity contribution < 1.29 is 24.0 Å². The van der Waals surface area contributed by atoms with E-state index in [1.54, 1.807) is 13.8 Å². The average molecular weight is 362 g/mol. The van der Waals surface area contributed by atoms with Crippen LogP contribution >= 0.6 is 0 Å². The fraction of sp³-hybridized carbons (Fsp3) is 0.312. The lowest BCUT2D eigenvalue weighted by molar-refractivity contribution is -0.384. The minimum atomic E-state index is -0.691. The third-order valence-electron chi connectivity index (χ3n) is 3.32. The fourth-order valence-corrected chi connectivity index (χ4v) is 2.19. The molecule has 138 valence electrons. The van der Waals surface area contributed by atoms with E-state index in [9.17, 15) is 19.7 Å². The Morgan fingerprint density at radius 1 is 1.27 bits per heavy atom. The molecule has 2 aromatic rings. The van der Waals surface area contributed by atoms with E-state index in [0.717, 1.165) is 0 Å². The first-order chi connectivity index (χ1) is 12.4. The lowest BCUT2D eigenvalue weighted by Gasteiger charge is -2.07. The fourth-order valence-electron chi connectivity index (χ4n) is 2.19. The summed E-state index contributed by atoms with van der Waals surface area (Å²) in [5.41, 5.74) is -0.297. The molecule has 1 amide bonds. The van der Waals surface area contributed by atoms with Crippen molar-refractivity contribution >= 4 is 23.3 Å². The average Bonchev–Trinajstić information content (AvgIpc) is 2.98. The Balaban J connectivity index is 2.26. The molecule has 0 bridgehead atoms. The predicted octanol–water partition coefficient (Wildman–Crippen LogP) is 2.16. The monoisotopic (exact) mass is 362 g/mol. The smallest absolute Gasteiger partial charge is 0.356 e. The van der Waals surface area contributed by atoms with Crippen molar-refractivity contribution in [1.82, 2.24) is 9.78 Å². The summed E-state index contributed by atoms with van der Waals surface area (Å²) in [6, 6.07) is 5.36. The van der Waals surface area contributed by atoms with Crippen LogP contribution in [0.2, 0.25) is 0 Å². The van der Waals surface area contributed by atoms with Crippen LogP contribution in [0.1, 0.15) is 34.8 Å². The minimum Gasteiger partial charge on any atom is -0.494 e. The first-order valence-corrected chi connectivity index (χ1v) is 7.81. The molecule has 0 aliphatic rings. The highest BCUT2D eigenvalue weighted by atomic mass is 16.6. The number of ether oxygens (including phenoxy) is 2. The molecule has 1 aromatic heterocycles. The summed E-state index contributed by atoms with van der Waals surface area (Å²) in [4.78, 5) is 34.7. The Morgan fingerprint density at radius 3 is 2.62 bits per heavy atom. The number of anilines is 1. The molecule has 10 nitrogen and oxygen atoms in total. The summed E-state index contributed by atoms with van der Waals surface area (Å²) >= 11 is 0. The zero-order valence-corrected chi connectivity index (χ0v) is 14.5. The molecule has 0 aliphatic heterocycles. The van der Waals surface area contributed by atoms with Crippen molar-refractivity contribution in [1.29, 1.82) is 0 Å². The Labute approximate surface area is 148 Å². The maximum atomic E-state index is 12.4. The SMILES string of the molecule is CCOC(=O)c1cc(C(=O)Nc2ccc(OCC)cc2[N+](=O)[O-])nn1C. The van der Waals surface area contributed by atoms with Crippen LogP contribution in [0.5, 0.6) is 5.75 Å². The van der Waals surface area contributed by atoms with Crippen LogP contribution in [0.15, 0.2) is 24.3 Å². The number of nitro groups is 1. The zero-order chi connectivity index (χ0) is 19.3. The largest absolute Gasteiger partial charge is 0.494 e. The number of hydrogen-bond acceptors (Lipinski definition) is 7. The number of carbonyl (C=O) groups excluding carboxylic acids is 2. The van der Waals surface area contributed by atoms with E-state index >= 15 is 0 Å². The highest BCUT2D eigenvalue weighted by molar-refractivity contribution is 6.05. The van der Waals surface area contributed by atoms with E-state index in [1.165, 1.54) is 36.0 Å². The second-order valence-electron chi connectivity index (χ2n) is 5.08. The van der Waals surface area contributed by atoms with Gasteiger partial charge >= 0.3 is 5.97 Å². The minimum absolute atomic E-state index is 0.00760. The van der Waals surface area contributed by atoms with Gasteiger partial charge in [-0.25, -0.2) is 4.79 Å². The number of benzene rings is 1. The molecule has 0 saturated carbocycles. The number of nitro benzene ring substituents is 1. The van der Waals surface area contributed by atoms with Gasteiger partial charge in [0.05, 0.1) is 24.2 Å². The second-order valence-corrected chi connectivity index (χ2v) is 5.08. The molecule has 1 N–H and O–H groups in total. The molecule has 0 unspecified atom stereocenters. The summed E-state index contributed by atoms with van der Waals surface area (Å²) in [6.07, 6.45) is 0. The van der Waals surface area contributed by atoms with Crippen LogP contribution < -0.4 is 10.1 Å². The highest BCUT2D eigenvalue weighted by Gasteiger charge is 2.22. The summed E-state index contributed by atoms with van der Waals surface area (Å²) in [7, 11) is 1.49. The number of esters is 1. The first kappa shape index (κ1) is 18.9. The summed E-state index contributed by atoms with van der Waals surface area (Å²) in [5.74, 6) is -0.989. The van der Waals surface area contributed by atoms with E-state index in [1.807, 2.05) is 0 Å². The Morgan fingerprint density at radius 2 is 2.00 bits per heavy atom. The van der Waals surface area contributed by atoms with E-state index < -0.39 is 16.8 Å². The van der Waals surface area contributed by atoms with E-state index in [0.29, 0.717) is 12.4 Å². The third-order valence-corrected chi connectivity index (χ3v) is 3.32. The second kappa shape index (κ2) is 8.10. The van der Waals surface area contributed by atoms with Crippen molar-refractivity contribution in [3.63, 3.8) is 0 Å². The van der Waals surface area contributed by atoms with E-state index in [4.69, 9.17) is 9.47 Å². The Kier molecular flexibility index (Phi) is 5.89. The Bertz CT molecular complexity index is 845. The van der Waals surface area contributed by atoms with Gasteiger partial charge in [0.2, 0.25) is 0 Å².